The molecule has 0 atom stereocenters. The van der Waals surface area contributed by atoms with Crippen molar-refractivity contribution < 1.29 is 13.9 Å². The number of furan rings is 1. The van der Waals surface area contributed by atoms with Gasteiger partial charge in [0.25, 0.3) is 0 Å². The fourth-order valence-electron chi connectivity index (χ4n) is 2.80. The van der Waals surface area contributed by atoms with Crippen molar-refractivity contribution in [3.8, 4) is 17.6 Å². The summed E-state index contributed by atoms with van der Waals surface area (Å²) in [4.78, 5) is 12.7. The molecule has 4 rings (SSSR count). The fraction of sp³-hybridized carbons (Fsp3) is 0.105. The van der Waals surface area contributed by atoms with Crippen molar-refractivity contribution in [3.63, 3.8) is 0 Å². The van der Waals surface area contributed by atoms with Gasteiger partial charge in [-0.05, 0) is 41.6 Å². The Morgan fingerprint density at radius 1 is 1.21 bits per heavy atom. The first-order valence-corrected chi connectivity index (χ1v) is 8.35. The third-order valence-electron chi connectivity index (χ3n) is 4.09. The lowest BCUT2D eigenvalue weighted by Gasteiger charge is -2.05. The van der Waals surface area contributed by atoms with E-state index >= 15 is 0 Å². The normalized spacial score (nSPS) is 10.6. The molecule has 9 heteroatoms. The van der Waals surface area contributed by atoms with Crippen molar-refractivity contribution >= 4 is 5.97 Å². The SMILES string of the molecule is Cc1oc(-n2cccc2)c(C#N)c1C(=O)OCc1nnnn1-c1ccccc1. The predicted octanol–water partition coefficient (Wildman–Crippen LogP) is 2.58. The van der Waals surface area contributed by atoms with E-state index < -0.39 is 5.97 Å². The zero-order valence-electron chi connectivity index (χ0n) is 14.8. The van der Waals surface area contributed by atoms with Crippen molar-refractivity contribution in [1.29, 1.82) is 5.26 Å². The van der Waals surface area contributed by atoms with Crippen LogP contribution in [0.25, 0.3) is 11.6 Å². The minimum Gasteiger partial charge on any atom is -0.454 e. The molecule has 4 aromatic rings. The van der Waals surface area contributed by atoms with Gasteiger partial charge in [-0.1, -0.05) is 18.2 Å². The maximum absolute atomic E-state index is 12.7. The first-order valence-electron chi connectivity index (χ1n) is 8.35. The van der Waals surface area contributed by atoms with Gasteiger partial charge in [0.15, 0.2) is 12.4 Å². The van der Waals surface area contributed by atoms with E-state index in [1.54, 1.807) is 36.0 Å². The molecule has 0 spiro atoms. The molecule has 0 fully saturated rings. The lowest BCUT2D eigenvalue weighted by Crippen LogP contribution is -2.11. The maximum Gasteiger partial charge on any atom is 0.343 e. The molecular weight excluding hydrogens is 360 g/mol. The van der Waals surface area contributed by atoms with E-state index in [2.05, 4.69) is 15.5 Å². The smallest absolute Gasteiger partial charge is 0.343 e. The molecule has 0 amide bonds. The van der Waals surface area contributed by atoms with E-state index in [4.69, 9.17) is 9.15 Å². The summed E-state index contributed by atoms with van der Waals surface area (Å²) in [7, 11) is 0. The number of nitriles is 1. The number of hydrogen-bond acceptors (Lipinski definition) is 7. The monoisotopic (exact) mass is 374 g/mol. The van der Waals surface area contributed by atoms with Crippen molar-refractivity contribution in [2.24, 2.45) is 0 Å². The van der Waals surface area contributed by atoms with Crippen LogP contribution in [0.5, 0.6) is 0 Å². The van der Waals surface area contributed by atoms with Gasteiger partial charge in [0.05, 0.1) is 5.69 Å². The summed E-state index contributed by atoms with van der Waals surface area (Å²) in [6.07, 6.45) is 3.45. The molecule has 0 saturated heterocycles. The lowest BCUT2D eigenvalue weighted by atomic mass is 10.1. The molecule has 0 aliphatic rings. The highest BCUT2D eigenvalue weighted by Gasteiger charge is 2.26. The highest BCUT2D eigenvalue weighted by atomic mass is 16.5. The summed E-state index contributed by atoms with van der Waals surface area (Å²) in [5.74, 6) is 0.239. The lowest BCUT2D eigenvalue weighted by molar-refractivity contribution is 0.0457. The van der Waals surface area contributed by atoms with Gasteiger partial charge in [0, 0.05) is 12.4 Å². The van der Waals surface area contributed by atoms with Crippen LogP contribution in [-0.2, 0) is 11.3 Å². The highest BCUT2D eigenvalue weighted by molar-refractivity contribution is 5.94. The number of aromatic nitrogens is 5. The second-order valence-electron chi connectivity index (χ2n) is 5.83. The number of rotatable bonds is 5. The Labute approximate surface area is 159 Å². The average molecular weight is 374 g/mol. The number of benzene rings is 1. The number of carbonyl (C=O) groups is 1. The second kappa shape index (κ2) is 7.20. The molecule has 0 saturated carbocycles. The first kappa shape index (κ1) is 17.2. The van der Waals surface area contributed by atoms with E-state index in [0.29, 0.717) is 11.6 Å². The van der Waals surface area contributed by atoms with Crippen LogP contribution in [-0.4, -0.2) is 30.7 Å². The van der Waals surface area contributed by atoms with Crippen LogP contribution < -0.4 is 0 Å². The molecule has 0 unspecified atom stereocenters. The van der Waals surface area contributed by atoms with Crippen LogP contribution in [0.1, 0.15) is 27.5 Å². The summed E-state index contributed by atoms with van der Waals surface area (Å²) >= 11 is 0. The molecule has 28 heavy (non-hydrogen) atoms. The van der Waals surface area contributed by atoms with Crippen molar-refractivity contribution in [2.45, 2.75) is 13.5 Å². The molecule has 138 valence electrons. The van der Waals surface area contributed by atoms with Gasteiger partial charge >= 0.3 is 5.97 Å². The van der Waals surface area contributed by atoms with Crippen molar-refractivity contribution in [1.82, 2.24) is 24.8 Å². The van der Waals surface area contributed by atoms with Gasteiger partial charge in [0.1, 0.15) is 23.0 Å². The zero-order chi connectivity index (χ0) is 19.5. The van der Waals surface area contributed by atoms with Gasteiger partial charge in [-0.2, -0.15) is 9.94 Å². The third-order valence-corrected chi connectivity index (χ3v) is 4.09. The van der Waals surface area contributed by atoms with Gasteiger partial charge in [-0.25, -0.2) is 4.79 Å². The Morgan fingerprint density at radius 3 is 2.68 bits per heavy atom. The largest absolute Gasteiger partial charge is 0.454 e. The Bertz CT molecular complexity index is 1150. The van der Waals surface area contributed by atoms with E-state index in [1.165, 1.54) is 4.68 Å². The minimum absolute atomic E-state index is 0.0879. The van der Waals surface area contributed by atoms with Crippen LogP contribution in [0.2, 0.25) is 0 Å². The Kier molecular flexibility index (Phi) is 4.43. The van der Waals surface area contributed by atoms with Crippen molar-refractivity contribution in [2.75, 3.05) is 0 Å². The van der Waals surface area contributed by atoms with E-state index in [9.17, 15) is 10.1 Å². The molecule has 3 aromatic heterocycles. The predicted molar refractivity (Wildman–Crippen MR) is 95.8 cm³/mol. The Morgan fingerprint density at radius 2 is 1.96 bits per heavy atom. The van der Waals surface area contributed by atoms with Gasteiger partial charge in [-0.3, -0.25) is 4.57 Å². The summed E-state index contributed by atoms with van der Waals surface area (Å²) in [5, 5.41) is 21.0. The number of ether oxygens (including phenoxy) is 1. The number of para-hydroxylation sites is 1. The fourth-order valence-corrected chi connectivity index (χ4v) is 2.80. The van der Waals surface area contributed by atoms with Crippen LogP contribution in [0.15, 0.2) is 59.3 Å². The van der Waals surface area contributed by atoms with Crippen molar-refractivity contribution in [3.05, 3.63) is 77.6 Å². The van der Waals surface area contributed by atoms with Crippen LogP contribution >= 0.6 is 0 Å². The molecule has 0 N–H and O–H groups in total. The number of carbonyl (C=O) groups excluding carboxylic acids is 1. The van der Waals surface area contributed by atoms with E-state index in [1.807, 2.05) is 36.4 Å². The van der Waals surface area contributed by atoms with Crippen LogP contribution in [0.3, 0.4) is 0 Å². The highest BCUT2D eigenvalue weighted by Crippen LogP contribution is 2.26. The zero-order valence-corrected chi connectivity index (χ0v) is 14.8. The number of nitrogens with zero attached hydrogens (tertiary/aromatic N) is 6. The van der Waals surface area contributed by atoms with Crippen LogP contribution in [0.4, 0.5) is 0 Å². The maximum atomic E-state index is 12.7. The molecule has 0 bridgehead atoms. The summed E-state index contributed by atoms with van der Waals surface area (Å²) < 4.78 is 14.1. The molecule has 3 heterocycles. The first-order chi connectivity index (χ1) is 13.7. The van der Waals surface area contributed by atoms with Gasteiger partial charge < -0.3 is 9.15 Å². The Hall–Kier alpha value is -4.19. The van der Waals surface area contributed by atoms with Crippen LogP contribution in [0, 0.1) is 18.3 Å². The van der Waals surface area contributed by atoms with E-state index in [-0.39, 0.29) is 23.6 Å². The minimum atomic E-state index is -0.682. The number of tetrazole rings is 1. The Balaban J connectivity index is 1.58. The van der Waals surface area contributed by atoms with Gasteiger partial charge in [-0.15, -0.1) is 5.10 Å². The topological polar surface area (TPSA) is 112 Å². The summed E-state index contributed by atoms with van der Waals surface area (Å²) in [6.45, 7) is 1.45. The molecule has 0 radical (unpaired) electrons. The molecular formula is C19H14N6O3. The quantitative estimate of drug-likeness (QED) is 0.494. The summed E-state index contributed by atoms with van der Waals surface area (Å²) in [5.41, 5.74) is 0.942. The number of hydrogen-bond donors (Lipinski definition) is 0. The standard InChI is InChI=1S/C19H14N6O3/c1-13-17(15(11-20)18(28-13)24-9-5-6-10-24)19(26)27-12-16-21-22-23-25(16)14-7-3-2-4-8-14/h2-10H,12H2,1H3. The molecule has 0 aliphatic heterocycles. The van der Waals surface area contributed by atoms with Gasteiger partial charge in [0.2, 0.25) is 5.88 Å². The average Bonchev–Trinajstić information content (AvgIpc) is 3.46. The number of esters is 1. The summed E-state index contributed by atoms with van der Waals surface area (Å²) in [6, 6.07) is 14.9. The number of aryl methyl sites for hydroxylation is 1. The second-order valence-corrected chi connectivity index (χ2v) is 5.83. The van der Waals surface area contributed by atoms with E-state index in [0.717, 1.165) is 5.69 Å². The third kappa shape index (κ3) is 3.03. The molecule has 1 aromatic carbocycles. The molecule has 0 aliphatic carbocycles. The molecule has 9 nitrogen and oxygen atoms in total.